The van der Waals surface area contributed by atoms with Gasteiger partial charge in [0, 0.05) is 18.9 Å². The van der Waals surface area contributed by atoms with Crippen LogP contribution in [0.3, 0.4) is 0 Å². The van der Waals surface area contributed by atoms with Gasteiger partial charge in [-0.2, -0.15) is 0 Å². The van der Waals surface area contributed by atoms with Crippen molar-refractivity contribution in [1.82, 2.24) is 5.32 Å². The molecule has 2 aliphatic rings. The van der Waals surface area contributed by atoms with Crippen LogP contribution in [0.1, 0.15) is 12.8 Å². The Hall–Kier alpha value is -0.710. The van der Waals surface area contributed by atoms with Crippen LogP contribution in [0.5, 0.6) is 0 Å². The zero-order chi connectivity index (χ0) is 9.64. The molecule has 0 bridgehead atoms. The highest BCUT2D eigenvalue weighted by Gasteiger charge is 2.56. The summed E-state index contributed by atoms with van der Waals surface area (Å²) in [5.41, 5.74) is 0. The van der Waals surface area contributed by atoms with E-state index in [4.69, 9.17) is 5.11 Å². The van der Waals surface area contributed by atoms with Crippen LogP contribution in [0.15, 0.2) is 0 Å². The predicted octanol–water partition coefficient (Wildman–Crippen LogP) is 0.704. The zero-order valence-corrected chi connectivity index (χ0v) is 6.96. The van der Waals surface area contributed by atoms with Gasteiger partial charge in [0.1, 0.15) is 6.04 Å². The molecule has 2 rings (SSSR count). The Bertz CT molecular complexity index is 244. The first-order valence-corrected chi connectivity index (χ1v) is 4.36. The van der Waals surface area contributed by atoms with Crippen LogP contribution in [0.2, 0.25) is 0 Å². The van der Waals surface area contributed by atoms with Gasteiger partial charge in [0.25, 0.3) is 5.92 Å². The fourth-order valence-corrected chi connectivity index (χ4v) is 2.43. The van der Waals surface area contributed by atoms with Gasteiger partial charge in [-0.25, -0.2) is 8.78 Å². The molecule has 0 aromatic rings. The maximum atomic E-state index is 13.1. The molecule has 3 unspecified atom stereocenters. The maximum absolute atomic E-state index is 13.1. The predicted molar refractivity (Wildman–Crippen MR) is 40.6 cm³/mol. The van der Waals surface area contributed by atoms with E-state index in [1.165, 1.54) is 0 Å². The van der Waals surface area contributed by atoms with E-state index >= 15 is 0 Å². The van der Waals surface area contributed by atoms with E-state index in [-0.39, 0.29) is 18.9 Å². The number of halogens is 2. The van der Waals surface area contributed by atoms with Crippen LogP contribution in [-0.2, 0) is 4.79 Å². The fraction of sp³-hybridized carbons (Fsp3) is 0.875. The van der Waals surface area contributed by atoms with Crippen molar-refractivity contribution in [2.75, 3.05) is 6.54 Å². The summed E-state index contributed by atoms with van der Waals surface area (Å²) in [5.74, 6) is -4.83. The van der Waals surface area contributed by atoms with Crippen molar-refractivity contribution in [1.29, 1.82) is 0 Å². The van der Waals surface area contributed by atoms with Gasteiger partial charge in [-0.05, 0) is 12.3 Å². The number of fused-ring (bicyclic) bond motifs is 1. The van der Waals surface area contributed by atoms with E-state index in [9.17, 15) is 13.6 Å². The first kappa shape index (κ1) is 8.87. The molecule has 1 aliphatic heterocycles. The number of rotatable bonds is 1. The van der Waals surface area contributed by atoms with Crippen LogP contribution in [0.25, 0.3) is 0 Å². The second-order valence-corrected chi connectivity index (χ2v) is 3.79. The summed E-state index contributed by atoms with van der Waals surface area (Å²) in [6, 6.07) is -0.765. The van der Waals surface area contributed by atoms with Gasteiger partial charge < -0.3 is 10.4 Å². The van der Waals surface area contributed by atoms with Crippen LogP contribution < -0.4 is 5.32 Å². The lowest BCUT2D eigenvalue weighted by molar-refractivity contribution is -0.140. The summed E-state index contributed by atoms with van der Waals surface area (Å²) in [7, 11) is 0. The highest BCUT2D eigenvalue weighted by Crippen LogP contribution is 2.47. The number of alkyl halides is 2. The third-order valence-corrected chi connectivity index (χ3v) is 3.12. The number of hydrogen-bond donors (Lipinski definition) is 2. The lowest BCUT2D eigenvalue weighted by Gasteiger charge is -2.16. The van der Waals surface area contributed by atoms with Gasteiger partial charge in [-0.15, -0.1) is 0 Å². The Balaban J connectivity index is 2.16. The van der Waals surface area contributed by atoms with Crippen LogP contribution >= 0.6 is 0 Å². The van der Waals surface area contributed by atoms with E-state index < -0.39 is 23.9 Å². The Morgan fingerprint density at radius 2 is 2.23 bits per heavy atom. The zero-order valence-electron chi connectivity index (χ0n) is 6.96. The average Bonchev–Trinajstić information content (AvgIpc) is 2.52. The molecule has 1 heterocycles. The minimum Gasteiger partial charge on any atom is -0.480 e. The van der Waals surface area contributed by atoms with Crippen molar-refractivity contribution in [2.45, 2.75) is 24.8 Å². The van der Waals surface area contributed by atoms with Gasteiger partial charge in [-0.3, -0.25) is 4.79 Å². The minimum atomic E-state index is -2.66. The number of carbonyl (C=O) groups is 1. The highest BCUT2D eigenvalue weighted by atomic mass is 19.3. The van der Waals surface area contributed by atoms with Crippen LogP contribution in [0, 0.1) is 11.8 Å². The molecule has 74 valence electrons. The van der Waals surface area contributed by atoms with Gasteiger partial charge >= 0.3 is 5.97 Å². The van der Waals surface area contributed by atoms with Gasteiger partial charge in [-0.1, -0.05) is 0 Å². The molecule has 1 saturated heterocycles. The molecule has 0 aromatic carbocycles. The normalized spacial score (nSPS) is 41.8. The van der Waals surface area contributed by atoms with Crippen molar-refractivity contribution in [3.8, 4) is 0 Å². The van der Waals surface area contributed by atoms with Crippen molar-refractivity contribution in [2.24, 2.45) is 11.8 Å². The molecule has 3 atom stereocenters. The molecule has 0 amide bonds. The lowest BCUT2D eigenvalue weighted by atomic mass is 9.93. The van der Waals surface area contributed by atoms with Crippen LogP contribution in [-0.4, -0.2) is 29.6 Å². The van der Waals surface area contributed by atoms with Gasteiger partial charge in [0.05, 0.1) is 0 Å². The minimum absolute atomic E-state index is 0.134. The standard InChI is InChI=1S/C8H11F2NO2/c9-8(10)2-1-4-5(8)3-11-6(4)7(12)13/h4-6,11H,1-3H2,(H,12,13). The molecule has 0 spiro atoms. The largest absolute Gasteiger partial charge is 0.480 e. The van der Waals surface area contributed by atoms with Crippen molar-refractivity contribution in [3.63, 3.8) is 0 Å². The molecular weight excluding hydrogens is 180 g/mol. The summed E-state index contributed by atoms with van der Waals surface area (Å²) in [5, 5.41) is 11.4. The molecule has 3 nitrogen and oxygen atoms in total. The van der Waals surface area contributed by atoms with E-state index in [1.807, 2.05) is 0 Å². The third-order valence-electron chi connectivity index (χ3n) is 3.12. The van der Waals surface area contributed by atoms with Gasteiger partial charge in [0.15, 0.2) is 0 Å². The van der Waals surface area contributed by atoms with E-state index in [1.54, 1.807) is 0 Å². The van der Waals surface area contributed by atoms with E-state index in [0.29, 0.717) is 6.42 Å². The molecule has 5 heteroatoms. The van der Waals surface area contributed by atoms with E-state index in [2.05, 4.69) is 5.32 Å². The summed E-state index contributed by atoms with van der Waals surface area (Å²) >= 11 is 0. The fourth-order valence-electron chi connectivity index (χ4n) is 2.43. The molecule has 1 aliphatic carbocycles. The topological polar surface area (TPSA) is 49.3 Å². The lowest BCUT2D eigenvalue weighted by Crippen LogP contribution is -2.35. The van der Waals surface area contributed by atoms with Crippen LogP contribution in [0.4, 0.5) is 8.78 Å². The Morgan fingerprint density at radius 1 is 1.54 bits per heavy atom. The molecule has 1 saturated carbocycles. The third kappa shape index (κ3) is 1.22. The molecule has 0 aromatic heterocycles. The Morgan fingerprint density at radius 3 is 2.85 bits per heavy atom. The second-order valence-electron chi connectivity index (χ2n) is 3.79. The number of carboxylic acid groups (broad SMARTS) is 1. The molecule has 13 heavy (non-hydrogen) atoms. The number of carboxylic acids is 1. The average molecular weight is 191 g/mol. The van der Waals surface area contributed by atoms with Crippen molar-refractivity contribution in [3.05, 3.63) is 0 Å². The number of nitrogens with one attached hydrogen (secondary N) is 1. The monoisotopic (exact) mass is 191 g/mol. The smallest absolute Gasteiger partial charge is 0.320 e. The second kappa shape index (κ2) is 2.64. The maximum Gasteiger partial charge on any atom is 0.320 e. The molecule has 2 fully saturated rings. The van der Waals surface area contributed by atoms with E-state index in [0.717, 1.165) is 0 Å². The Labute approximate surface area is 74.1 Å². The Kier molecular flexibility index (Phi) is 1.80. The first-order chi connectivity index (χ1) is 6.02. The summed E-state index contributed by atoms with van der Waals surface area (Å²) < 4.78 is 26.2. The van der Waals surface area contributed by atoms with Gasteiger partial charge in [0.2, 0.25) is 0 Å². The van der Waals surface area contributed by atoms with Crippen molar-refractivity contribution >= 4 is 5.97 Å². The highest BCUT2D eigenvalue weighted by molar-refractivity contribution is 5.74. The molecule has 0 radical (unpaired) electrons. The molecule has 2 N–H and O–H groups in total. The summed E-state index contributed by atoms with van der Waals surface area (Å²) in [6.07, 6.45) is 0.162. The summed E-state index contributed by atoms with van der Waals surface area (Å²) in [4.78, 5) is 10.6. The summed E-state index contributed by atoms with van der Waals surface area (Å²) in [6.45, 7) is 0.134. The molecular formula is C8H11F2NO2. The van der Waals surface area contributed by atoms with Crippen molar-refractivity contribution < 1.29 is 18.7 Å². The number of aliphatic carboxylic acids is 1. The first-order valence-electron chi connectivity index (χ1n) is 4.36. The SMILES string of the molecule is O=C(O)C1NCC2C1CCC2(F)F. The number of hydrogen-bond acceptors (Lipinski definition) is 2. The quantitative estimate of drug-likeness (QED) is 0.641.